The van der Waals surface area contributed by atoms with E-state index in [2.05, 4.69) is 27.2 Å². The molecule has 5 heteroatoms. The Hall–Kier alpha value is -2.69. The van der Waals surface area contributed by atoms with Crippen LogP contribution in [0.4, 0.5) is 5.82 Å². The lowest BCUT2D eigenvalue weighted by Crippen LogP contribution is -2.18. The molecular weight excluding hydrogens is 252 g/mol. The van der Waals surface area contributed by atoms with Gasteiger partial charge in [-0.3, -0.25) is 9.78 Å². The van der Waals surface area contributed by atoms with Crippen LogP contribution in [0.2, 0.25) is 0 Å². The summed E-state index contributed by atoms with van der Waals surface area (Å²) in [6.07, 6.45) is 5.16. The number of pyridine rings is 2. The van der Waals surface area contributed by atoms with Crippen molar-refractivity contribution in [2.75, 3.05) is 19.4 Å². The van der Waals surface area contributed by atoms with Crippen molar-refractivity contribution in [2.24, 2.45) is 0 Å². The number of carbonyl (C=O) groups is 1. The van der Waals surface area contributed by atoms with Crippen molar-refractivity contribution in [1.29, 1.82) is 0 Å². The number of nitrogens with one attached hydrogen (secondary N) is 2. The third-order valence-electron chi connectivity index (χ3n) is 2.93. The van der Waals surface area contributed by atoms with Crippen molar-refractivity contribution in [3.63, 3.8) is 0 Å². The number of amides is 1. The average molecular weight is 268 g/mol. The molecule has 0 aliphatic carbocycles. The van der Waals surface area contributed by atoms with Gasteiger partial charge in [-0.1, -0.05) is 18.7 Å². The molecule has 102 valence electrons. The molecule has 5 nitrogen and oxygen atoms in total. The summed E-state index contributed by atoms with van der Waals surface area (Å²) >= 11 is 0. The minimum atomic E-state index is -0.202. The van der Waals surface area contributed by atoms with Gasteiger partial charge in [-0.25, -0.2) is 4.98 Å². The maximum Gasteiger partial charge on any atom is 0.269 e. The normalized spacial score (nSPS) is 9.90. The Morgan fingerprint density at radius 1 is 1.20 bits per heavy atom. The number of aromatic nitrogens is 2. The van der Waals surface area contributed by atoms with Gasteiger partial charge in [0, 0.05) is 43.2 Å². The fourth-order valence-electron chi connectivity index (χ4n) is 1.83. The molecule has 0 bridgehead atoms. The van der Waals surface area contributed by atoms with Crippen LogP contribution >= 0.6 is 0 Å². The Labute approximate surface area is 117 Å². The van der Waals surface area contributed by atoms with Gasteiger partial charge < -0.3 is 10.6 Å². The highest BCUT2D eigenvalue weighted by atomic mass is 16.1. The van der Waals surface area contributed by atoms with Gasteiger partial charge in [0.1, 0.15) is 11.5 Å². The molecule has 0 saturated heterocycles. The number of hydrogen-bond donors (Lipinski definition) is 2. The van der Waals surface area contributed by atoms with Crippen molar-refractivity contribution in [1.82, 2.24) is 15.3 Å². The number of anilines is 1. The zero-order valence-corrected chi connectivity index (χ0v) is 11.5. The number of carbonyl (C=O) groups excluding carboxylic acids is 1. The van der Waals surface area contributed by atoms with Gasteiger partial charge in [0.05, 0.1) is 0 Å². The molecule has 0 saturated carbocycles. The number of rotatable bonds is 4. The molecule has 0 aliphatic rings. The molecule has 0 unspecified atom stereocenters. The first-order valence-electron chi connectivity index (χ1n) is 6.18. The zero-order chi connectivity index (χ0) is 14.5. The minimum Gasteiger partial charge on any atom is -0.373 e. The largest absolute Gasteiger partial charge is 0.373 e. The van der Waals surface area contributed by atoms with Crippen LogP contribution in [0.1, 0.15) is 16.1 Å². The lowest BCUT2D eigenvalue weighted by molar-refractivity contribution is 0.0958. The van der Waals surface area contributed by atoms with E-state index in [1.165, 1.54) is 0 Å². The smallest absolute Gasteiger partial charge is 0.269 e. The maximum absolute atomic E-state index is 11.4. The number of hydrogen-bond acceptors (Lipinski definition) is 4. The van der Waals surface area contributed by atoms with E-state index in [4.69, 9.17) is 0 Å². The van der Waals surface area contributed by atoms with E-state index in [1.54, 1.807) is 31.6 Å². The molecule has 2 N–H and O–H groups in total. The van der Waals surface area contributed by atoms with Gasteiger partial charge in [-0.05, 0) is 12.1 Å². The average Bonchev–Trinajstić information content (AvgIpc) is 2.53. The van der Waals surface area contributed by atoms with Crippen molar-refractivity contribution < 1.29 is 4.79 Å². The summed E-state index contributed by atoms with van der Waals surface area (Å²) in [5.41, 5.74) is 3.13. The second-order valence-electron chi connectivity index (χ2n) is 4.13. The Bertz CT molecular complexity index is 635. The van der Waals surface area contributed by atoms with E-state index in [9.17, 15) is 4.79 Å². The van der Waals surface area contributed by atoms with Crippen LogP contribution in [-0.4, -0.2) is 30.0 Å². The van der Waals surface area contributed by atoms with Crippen molar-refractivity contribution in [3.05, 3.63) is 48.4 Å². The Kier molecular flexibility index (Phi) is 4.10. The van der Waals surface area contributed by atoms with Crippen LogP contribution in [0.5, 0.6) is 0 Å². The molecule has 2 rings (SSSR count). The molecule has 0 aromatic carbocycles. The second-order valence-corrected chi connectivity index (χ2v) is 4.13. The third-order valence-corrected chi connectivity index (χ3v) is 2.93. The van der Waals surface area contributed by atoms with E-state index >= 15 is 0 Å². The summed E-state index contributed by atoms with van der Waals surface area (Å²) in [6.45, 7) is 3.77. The first-order valence-corrected chi connectivity index (χ1v) is 6.18. The van der Waals surface area contributed by atoms with Crippen molar-refractivity contribution in [2.45, 2.75) is 0 Å². The number of nitrogens with zero attached hydrogens (tertiary/aromatic N) is 2. The Morgan fingerprint density at radius 3 is 2.50 bits per heavy atom. The van der Waals surface area contributed by atoms with E-state index in [0.29, 0.717) is 5.69 Å². The maximum atomic E-state index is 11.4. The van der Waals surface area contributed by atoms with Gasteiger partial charge >= 0.3 is 0 Å². The van der Waals surface area contributed by atoms with Crippen LogP contribution < -0.4 is 10.6 Å². The molecule has 20 heavy (non-hydrogen) atoms. The van der Waals surface area contributed by atoms with Crippen LogP contribution in [0.15, 0.2) is 37.2 Å². The standard InChI is InChI=1S/C15H16N4O/c1-4-10-7-12(9-19-14(10)16-2)11-5-6-13(18-8-11)15(20)17-3/h4-9H,1H2,2-3H3,(H,16,19)(H,17,20). The van der Waals surface area contributed by atoms with Crippen LogP contribution in [-0.2, 0) is 0 Å². The molecule has 0 spiro atoms. The molecular formula is C15H16N4O. The van der Waals surface area contributed by atoms with Gasteiger partial charge in [0.2, 0.25) is 0 Å². The molecule has 2 aromatic heterocycles. The Morgan fingerprint density at radius 2 is 1.95 bits per heavy atom. The quantitative estimate of drug-likeness (QED) is 0.892. The predicted octanol–water partition coefficient (Wildman–Crippen LogP) is 2.19. The lowest BCUT2D eigenvalue weighted by Gasteiger charge is -2.07. The lowest BCUT2D eigenvalue weighted by atomic mass is 10.1. The highest BCUT2D eigenvalue weighted by Gasteiger charge is 2.07. The fourth-order valence-corrected chi connectivity index (χ4v) is 1.83. The topological polar surface area (TPSA) is 66.9 Å². The van der Waals surface area contributed by atoms with E-state index in [1.807, 2.05) is 19.2 Å². The van der Waals surface area contributed by atoms with Crippen LogP contribution in [0, 0.1) is 0 Å². The molecule has 0 radical (unpaired) electrons. The Balaban J connectivity index is 2.36. The first-order chi connectivity index (χ1) is 9.69. The summed E-state index contributed by atoms with van der Waals surface area (Å²) in [4.78, 5) is 19.9. The summed E-state index contributed by atoms with van der Waals surface area (Å²) in [5, 5.41) is 5.54. The molecule has 0 aliphatic heterocycles. The van der Waals surface area contributed by atoms with Crippen LogP contribution in [0.25, 0.3) is 17.2 Å². The minimum absolute atomic E-state index is 0.202. The molecule has 0 atom stereocenters. The predicted molar refractivity (Wildman–Crippen MR) is 80.5 cm³/mol. The fraction of sp³-hybridized carbons (Fsp3) is 0.133. The monoisotopic (exact) mass is 268 g/mol. The van der Waals surface area contributed by atoms with Gasteiger partial charge in [-0.2, -0.15) is 0 Å². The third kappa shape index (κ3) is 2.66. The molecule has 0 fully saturated rings. The highest BCUT2D eigenvalue weighted by Crippen LogP contribution is 2.23. The van der Waals surface area contributed by atoms with E-state index in [-0.39, 0.29) is 5.91 Å². The first kappa shape index (κ1) is 13.7. The van der Waals surface area contributed by atoms with E-state index < -0.39 is 0 Å². The summed E-state index contributed by atoms with van der Waals surface area (Å²) in [6, 6.07) is 5.51. The molecule has 2 aromatic rings. The van der Waals surface area contributed by atoms with Gasteiger partial charge in [0.25, 0.3) is 5.91 Å². The van der Waals surface area contributed by atoms with Crippen LogP contribution in [0.3, 0.4) is 0 Å². The summed E-state index contributed by atoms with van der Waals surface area (Å²) in [7, 11) is 3.39. The van der Waals surface area contributed by atoms with E-state index in [0.717, 1.165) is 22.5 Å². The summed E-state index contributed by atoms with van der Waals surface area (Å²) in [5.74, 6) is 0.575. The van der Waals surface area contributed by atoms with Crippen molar-refractivity contribution >= 4 is 17.8 Å². The molecule has 1 amide bonds. The second kappa shape index (κ2) is 5.97. The highest BCUT2D eigenvalue weighted by molar-refractivity contribution is 5.92. The van der Waals surface area contributed by atoms with Gasteiger partial charge in [-0.15, -0.1) is 0 Å². The zero-order valence-electron chi connectivity index (χ0n) is 11.5. The summed E-state index contributed by atoms with van der Waals surface area (Å²) < 4.78 is 0. The van der Waals surface area contributed by atoms with Crippen molar-refractivity contribution in [3.8, 4) is 11.1 Å². The molecule has 2 heterocycles. The SMILES string of the molecule is C=Cc1cc(-c2ccc(C(=O)NC)nc2)cnc1NC. The van der Waals surface area contributed by atoms with Gasteiger partial charge in [0.15, 0.2) is 0 Å².